The lowest BCUT2D eigenvalue weighted by atomic mass is 10.2. The Bertz CT molecular complexity index is 294. The molecule has 0 N–H and O–H groups in total. The summed E-state index contributed by atoms with van der Waals surface area (Å²) in [6, 6.07) is 10.1. The summed E-state index contributed by atoms with van der Waals surface area (Å²) in [5, 5.41) is 0. The Hall–Kier alpha value is -1.31. The van der Waals surface area contributed by atoms with Crippen molar-refractivity contribution < 1.29 is 4.79 Å². The van der Waals surface area contributed by atoms with E-state index in [1.807, 2.05) is 23.1 Å². The highest BCUT2D eigenvalue weighted by Gasteiger charge is 2.19. The van der Waals surface area contributed by atoms with Crippen molar-refractivity contribution in [3.05, 3.63) is 35.9 Å². The third kappa shape index (κ3) is 1.89. The second-order valence-electron chi connectivity index (χ2n) is 3.40. The van der Waals surface area contributed by atoms with Crippen LogP contribution in [0.2, 0.25) is 0 Å². The van der Waals surface area contributed by atoms with Crippen LogP contribution in [0.25, 0.3) is 0 Å². The maximum atomic E-state index is 11.3. The predicted molar refractivity (Wildman–Crippen MR) is 51.1 cm³/mol. The monoisotopic (exact) mass is 175 g/mol. The molecule has 1 aromatic carbocycles. The average molecular weight is 175 g/mol. The summed E-state index contributed by atoms with van der Waals surface area (Å²) >= 11 is 0. The zero-order valence-corrected chi connectivity index (χ0v) is 7.57. The molecule has 1 amide bonds. The van der Waals surface area contributed by atoms with E-state index in [1.165, 1.54) is 5.56 Å². The number of carbonyl (C=O) groups excluding carboxylic acids is 1. The number of rotatable bonds is 2. The van der Waals surface area contributed by atoms with Crippen molar-refractivity contribution >= 4 is 5.91 Å². The van der Waals surface area contributed by atoms with E-state index in [4.69, 9.17) is 0 Å². The maximum absolute atomic E-state index is 11.3. The molecular formula is C11H13NO. The van der Waals surface area contributed by atoms with Gasteiger partial charge in [0.05, 0.1) is 0 Å². The minimum Gasteiger partial charge on any atom is -0.338 e. The lowest BCUT2D eigenvalue weighted by Gasteiger charge is -2.14. The van der Waals surface area contributed by atoms with Crippen LogP contribution in [0.5, 0.6) is 0 Å². The Labute approximate surface area is 78.2 Å². The first-order valence-electron chi connectivity index (χ1n) is 4.68. The standard InChI is InChI=1S/C11H13NO/c13-11-7-4-8-12(11)9-10-5-2-1-3-6-10/h1-3,5-6H,4,7-9H2. The zero-order valence-electron chi connectivity index (χ0n) is 7.57. The van der Waals surface area contributed by atoms with E-state index in [9.17, 15) is 4.79 Å². The second kappa shape index (κ2) is 3.60. The molecule has 1 aliphatic rings. The molecule has 2 heteroatoms. The summed E-state index contributed by atoms with van der Waals surface area (Å²) < 4.78 is 0. The van der Waals surface area contributed by atoms with Crippen LogP contribution in [-0.2, 0) is 11.3 Å². The fraction of sp³-hybridized carbons (Fsp3) is 0.364. The van der Waals surface area contributed by atoms with Crippen molar-refractivity contribution in [1.82, 2.24) is 4.90 Å². The Morgan fingerprint density at radius 1 is 1.23 bits per heavy atom. The van der Waals surface area contributed by atoms with Crippen LogP contribution in [0.1, 0.15) is 18.4 Å². The Kier molecular flexibility index (Phi) is 2.30. The van der Waals surface area contributed by atoms with Gasteiger partial charge in [-0.05, 0) is 12.0 Å². The van der Waals surface area contributed by atoms with E-state index in [1.54, 1.807) is 0 Å². The van der Waals surface area contributed by atoms with Crippen LogP contribution in [0.3, 0.4) is 0 Å². The minimum absolute atomic E-state index is 0.295. The predicted octanol–water partition coefficient (Wildman–Crippen LogP) is 1.81. The van der Waals surface area contributed by atoms with Crippen molar-refractivity contribution in [2.75, 3.05) is 6.54 Å². The van der Waals surface area contributed by atoms with Gasteiger partial charge < -0.3 is 4.90 Å². The van der Waals surface area contributed by atoms with E-state index in [0.29, 0.717) is 5.91 Å². The van der Waals surface area contributed by atoms with Gasteiger partial charge in [0.25, 0.3) is 0 Å². The maximum Gasteiger partial charge on any atom is 0.222 e. The third-order valence-electron chi connectivity index (χ3n) is 2.39. The molecule has 1 heterocycles. The van der Waals surface area contributed by atoms with Crippen molar-refractivity contribution in [2.45, 2.75) is 19.4 Å². The molecule has 0 radical (unpaired) electrons. The van der Waals surface area contributed by atoms with Gasteiger partial charge in [0.15, 0.2) is 0 Å². The number of likely N-dealkylation sites (tertiary alicyclic amines) is 1. The largest absolute Gasteiger partial charge is 0.338 e. The molecule has 0 atom stereocenters. The van der Waals surface area contributed by atoms with E-state index in [-0.39, 0.29) is 0 Å². The molecule has 0 aliphatic carbocycles. The van der Waals surface area contributed by atoms with Gasteiger partial charge in [-0.2, -0.15) is 0 Å². The van der Waals surface area contributed by atoms with Gasteiger partial charge >= 0.3 is 0 Å². The molecule has 0 saturated carbocycles. The van der Waals surface area contributed by atoms with Crippen LogP contribution in [0.15, 0.2) is 30.3 Å². The van der Waals surface area contributed by atoms with Crippen LogP contribution in [-0.4, -0.2) is 17.4 Å². The van der Waals surface area contributed by atoms with Crippen LogP contribution < -0.4 is 0 Å². The van der Waals surface area contributed by atoms with Gasteiger partial charge in [-0.1, -0.05) is 30.3 Å². The molecule has 0 bridgehead atoms. The van der Waals surface area contributed by atoms with Gasteiger partial charge in [0, 0.05) is 19.5 Å². The van der Waals surface area contributed by atoms with Crippen molar-refractivity contribution in [1.29, 1.82) is 0 Å². The smallest absolute Gasteiger partial charge is 0.222 e. The molecule has 2 nitrogen and oxygen atoms in total. The fourth-order valence-corrected chi connectivity index (χ4v) is 1.67. The summed E-state index contributed by atoms with van der Waals surface area (Å²) in [4.78, 5) is 13.2. The quantitative estimate of drug-likeness (QED) is 0.671. The average Bonchev–Trinajstić information content (AvgIpc) is 2.54. The number of nitrogens with zero attached hydrogens (tertiary/aromatic N) is 1. The van der Waals surface area contributed by atoms with E-state index in [0.717, 1.165) is 25.9 Å². The van der Waals surface area contributed by atoms with E-state index < -0.39 is 0 Å². The summed E-state index contributed by atoms with van der Waals surface area (Å²) in [7, 11) is 0. The highest BCUT2D eigenvalue weighted by molar-refractivity contribution is 5.78. The molecule has 0 aromatic heterocycles. The summed E-state index contributed by atoms with van der Waals surface area (Å²) in [6.45, 7) is 1.70. The topological polar surface area (TPSA) is 20.3 Å². The number of hydrogen-bond acceptors (Lipinski definition) is 1. The molecule has 1 aromatic rings. The van der Waals surface area contributed by atoms with Crippen LogP contribution in [0.4, 0.5) is 0 Å². The first-order valence-corrected chi connectivity index (χ1v) is 4.68. The first kappa shape index (κ1) is 8.30. The zero-order chi connectivity index (χ0) is 9.10. The van der Waals surface area contributed by atoms with Crippen LogP contribution >= 0.6 is 0 Å². The second-order valence-corrected chi connectivity index (χ2v) is 3.40. The lowest BCUT2D eigenvalue weighted by Crippen LogP contribution is -2.23. The number of amides is 1. The molecule has 1 aliphatic heterocycles. The van der Waals surface area contributed by atoms with Gasteiger partial charge in [-0.3, -0.25) is 4.79 Å². The van der Waals surface area contributed by atoms with Gasteiger partial charge in [-0.15, -0.1) is 0 Å². The normalized spacial score (nSPS) is 16.6. The van der Waals surface area contributed by atoms with Gasteiger partial charge in [-0.25, -0.2) is 0 Å². The molecule has 2 rings (SSSR count). The number of hydrogen-bond donors (Lipinski definition) is 0. The van der Waals surface area contributed by atoms with Crippen molar-refractivity contribution in [2.24, 2.45) is 0 Å². The summed E-state index contributed by atoms with van der Waals surface area (Å²) in [6.07, 6.45) is 1.75. The van der Waals surface area contributed by atoms with Gasteiger partial charge in [0.1, 0.15) is 0 Å². The van der Waals surface area contributed by atoms with Gasteiger partial charge in [0.2, 0.25) is 5.91 Å². The van der Waals surface area contributed by atoms with Crippen molar-refractivity contribution in [3.8, 4) is 0 Å². The molecule has 1 fully saturated rings. The molecule has 1 saturated heterocycles. The SMILES string of the molecule is O=C1CCCN1Cc1ccccc1. The Balaban J connectivity index is 2.02. The highest BCUT2D eigenvalue weighted by atomic mass is 16.2. The molecular weight excluding hydrogens is 162 g/mol. The lowest BCUT2D eigenvalue weighted by molar-refractivity contribution is -0.128. The molecule has 0 unspecified atom stereocenters. The van der Waals surface area contributed by atoms with Crippen molar-refractivity contribution in [3.63, 3.8) is 0 Å². The number of benzene rings is 1. The molecule has 0 spiro atoms. The molecule has 13 heavy (non-hydrogen) atoms. The number of carbonyl (C=O) groups is 1. The fourth-order valence-electron chi connectivity index (χ4n) is 1.67. The van der Waals surface area contributed by atoms with E-state index in [2.05, 4.69) is 12.1 Å². The third-order valence-corrected chi connectivity index (χ3v) is 2.39. The first-order chi connectivity index (χ1) is 6.36. The Morgan fingerprint density at radius 2 is 2.00 bits per heavy atom. The van der Waals surface area contributed by atoms with Crippen LogP contribution in [0, 0.1) is 0 Å². The highest BCUT2D eigenvalue weighted by Crippen LogP contribution is 2.13. The summed E-state index contributed by atoms with van der Waals surface area (Å²) in [5.41, 5.74) is 1.22. The minimum atomic E-state index is 0.295. The Morgan fingerprint density at radius 3 is 2.62 bits per heavy atom. The summed E-state index contributed by atoms with van der Waals surface area (Å²) in [5.74, 6) is 0.295. The van der Waals surface area contributed by atoms with E-state index >= 15 is 0 Å². The molecule has 68 valence electrons.